The first-order chi connectivity index (χ1) is 15.9. The second kappa shape index (κ2) is 9.78. The van der Waals surface area contributed by atoms with Crippen molar-refractivity contribution in [2.75, 3.05) is 36.5 Å². The second-order valence-electron chi connectivity index (χ2n) is 8.08. The van der Waals surface area contributed by atoms with Gasteiger partial charge in [-0.25, -0.2) is 23.1 Å². The largest absolute Gasteiger partial charge is 0.381 e. The molecule has 1 aliphatic heterocycles. The Balaban J connectivity index is 1.73. The third-order valence-corrected chi connectivity index (χ3v) is 5.87. The number of alkyl halides is 2. The van der Waals surface area contributed by atoms with Crippen LogP contribution < -0.4 is 15.8 Å². The maximum absolute atomic E-state index is 14.7. The molecule has 1 aromatic carbocycles. The lowest BCUT2D eigenvalue weighted by Gasteiger charge is -2.27. The lowest BCUT2D eigenvalue weighted by molar-refractivity contribution is 0.124. The number of nitrogens with zero attached hydrogens (tertiary/aromatic N) is 4. The number of nitrogens with one attached hydrogen (secondary N) is 1. The van der Waals surface area contributed by atoms with Crippen LogP contribution in [0.15, 0.2) is 35.4 Å². The fourth-order valence-corrected chi connectivity index (χ4v) is 4.12. The van der Waals surface area contributed by atoms with E-state index in [9.17, 15) is 18.0 Å². The number of rotatable bonds is 5. The molecule has 3 heterocycles. The first kappa shape index (κ1) is 23.0. The van der Waals surface area contributed by atoms with Gasteiger partial charge >= 0.3 is 0 Å². The van der Waals surface area contributed by atoms with Crippen LogP contribution in [0.2, 0.25) is 0 Å². The number of ether oxygens (including phenoxy) is 1. The number of benzene rings is 1. The Bertz CT molecular complexity index is 1190. The van der Waals surface area contributed by atoms with Gasteiger partial charge < -0.3 is 15.0 Å². The first-order valence-electron chi connectivity index (χ1n) is 10.9. The molecule has 33 heavy (non-hydrogen) atoms. The fourth-order valence-electron chi connectivity index (χ4n) is 4.12. The van der Waals surface area contributed by atoms with Crippen LogP contribution in [0.25, 0.3) is 11.0 Å². The summed E-state index contributed by atoms with van der Waals surface area (Å²) in [7, 11) is 1.65. The van der Waals surface area contributed by atoms with Gasteiger partial charge in [-0.2, -0.15) is 0 Å². The highest BCUT2D eigenvalue weighted by Gasteiger charge is 2.22. The van der Waals surface area contributed by atoms with Crippen molar-refractivity contribution in [2.24, 2.45) is 7.05 Å². The molecule has 1 atom stereocenters. The van der Waals surface area contributed by atoms with E-state index in [0.717, 1.165) is 18.9 Å². The molecule has 0 radical (unpaired) electrons. The summed E-state index contributed by atoms with van der Waals surface area (Å²) < 4.78 is 47.9. The number of hydrogen-bond acceptors (Lipinski definition) is 6. The molecule has 0 bridgehead atoms. The molecule has 2 aromatic heterocycles. The van der Waals surface area contributed by atoms with Crippen molar-refractivity contribution in [1.29, 1.82) is 0 Å². The van der Waals surface area contributed by atoms with Crippen molar-refractivity contribution >= 4 is 22.5 Å². The summed E-state index contributed by atoms with van der Waals surface area (Å²) in [5.74, 6) is -0.552. The van der Waals surface area contributed by atoms with Gasteiger partial charge in [0.15, 0.2) is 0 Å². The standard InChI is InChI=1S/C23H26F3N5O2/c1-14(15-6-3-7-16(19(15)24)20(25)26)29-21-17-12-18(31-8-4-10-33-11-5-9-31)23(32)30(2)22(17)28-13-27-21/h3,6-7,12-14,20H,4-5,8-11H2,1-2H3,(H,27,28,29)/t14-/m1/s1. The molecule has 10 heteroatoms. The summed E-state index contributed by atoms with van der Waals surface area (Å²) in [6, 6.07) is 5.05. The zero-order valence-electron chi connectivity index (χ0n) is 18.5. The van der Waals surface area contributed by atoms with Crippen LogP contribution in [0.3, 0.4) is 0 Å². The van der Waals surface area contributed by atoms with Gasteiger partial charge in [-0.05, 0) is 25.8 Å². The summed E-state index contributed by atoms with van der Waals surface area (Å²) >= 11 is 0. The van der Waals surface area contributed by atoms with E-state index in [-0.39, 0.29) is 11.1 Å². The lowest BCUT2D eigenvalue weighted by atomic mass is 10.0. The van der Waals surface area contributed by atoms with Gasteiger partial charge in [0.1, 0.15) is 29.3 Å². The van der Waals surface area contributed by atoms with Gasteiger partial charge in [-0.1, -0.05) is 18.2 Å². The Labute approximate surface area is 189 Å². The average Bonchev–Trinajstić information content (AvgIpc) is 2.76. The molecule has 3 aromatic rings. The third kappa shape index (κ3) is 4.66. The van der Waals surface area contributed by atoms with Gasteiger partial charge in [-0.15, -0.1) is 0 Å². The van der Waals surface area contributed by atoms with Crippen molar-refractivity contribution in [1.82, 2.24) is 14.5 Å². The number of aryl methyl sites for hydroxylation is 1. The highest BCUT2D eigenvalue weighted by Crippen LogP contribution is 2.30. The van der Waals surface area contributed by atoms with Crippen LogP contribution in [0.4, 0.5) is 24.7 Å². The Morgan fingerprint density at radius 3 is 2.52 bits per heavy atom. The quantitative estimate of drug-likeness (QED) is 0.614. The Kier molecular flexibility index (Phi) is 6.83. The molecule has 7 nitrogen and oxygen atoms in total. The Hall–Kier alpha value is -3.14. The molecule has 1 saturated heterocycles. The van der Waals surface area contributed by atoms with Crippen molar-refractivity contribution in [2.45, 2.75) is 32.2 Å². The molecule has 0 spiro atoms. The van der Waals surface area contributed by atoms with E-state index in [1.807, 2.05) is 4.90 Å². The van der Waals surface area contributed by atoms with E-state index in [4.69, 9.17) is 4.74 Å². The number of halogens is 3. The highest BCUT2D eigenvalue weighted by atomic mass is 19.3. The molecular weight excluding hydrogens is 435 g/mol. The van der Waals surface area contributed by atoms with Crippen molar-refractivity contribution < 1.29 is 17.9 Å². The van der Waals surface area contributed by atoms with Gasteiger partial charge in [0.25, 0.3) is 12.0 Å². The number of aromatic nitrogens is 3. The molecule has 0 aliphatic carbocycles. The molecule has 1 aliphatic rings. The smallest absolute Gasteiger partial charge is 0.275 e. The van der Waals surface area contributed by atoms with Crippen LogP contribution in [0.5, 0.6) is 0 Å². The molecule has 0 saturated carbocycles. The molecule has 1 fully saturated rings. The third-order valence-electron chi connectivity index (χ3n) is 5.87. The summed E-state index contributed by atoms with van der Waals surface area (Å²) in [5, 5.41) is 3.71. The molecule has 0 amide bonds. The molecule has 1 N–H and O–H groups in total. The Morgan fingerprint density at radius 1 is 1.12 bits per heavy atom. The van der Waals surface area contributed by atoms with E-state index in [2.05, 4.69) is 15.3 Å². The van der Waals surface area contributed by atoms with E-state index in [1.165, 1.54) is 23.0 Å². The normalized spacial score (nSPS) is 16.0. The van der Waals surface area contributed by atoms with Crippen LogP contribution in [-0.2, 0) is 11.8 Å². The van der Waals surface area contributed by atoms with Crippen molar-refractivity contribution in [3.8, 4) is 0 Å². The van der Waals surface area contributed by atoms with Gasteiger partial charge in [0.05, 0.1) is 17.0 Å². The van der Waals surface area contributed by atoms with E-state index in [0.29, 0.717) is 48.8 Å². The number of anilines is 2. The van der Waals surface area contributed by atoms with Gasteiger partial charge in [0, 0.05) is 38.9 Å². The van der Waals surface area contributed by atoms with Crippen LogP contribution in [0, 0.1) is 5.82 Å². The summed E-state index contributed by atoms with van der Waals surface area (Å²) in [6.07, 6.45) is 0.0101. The minimum Gasteiger partial charge on any atom is -0.381 e. The van der Waals surface area contributed by atoms with E-state index < -0.39 is 23.8 Å². The minimum atomic E-state index is -2.91. The molecule has 4 rings (SSSR count). The number of pyridine rings is 1. The SMILES string of the molecule is C[C@@H](Nc1ncnc2c1cc(N1CCCOCCC1)c(=O)n2C)c1cccc(C(F)F)c1F. The summed E-state index contributed by atoms with van der Waals surface area (Å²) in [5.41, 5.74) is 0.249. The Morgan fingerprint density at radius 2 is 1.82 bits per heavy atom. The van der Waals surface area contributed by atoms with E-state index >= 15 is 0 Å². The summed E-state index contributed by atoms with van der Waals surface area (Å²) in [4.78, 5) is 23.7. The topological polar surface area (TPSA) is 72.3 Å². The van der Waals surface area contributed by atoms with Crippen molar-refractivity contribution in [3.63, 3.8) is 0 Å². The predicted molar refractivity (Wildman–Crippen MR) is 120 cm³/mol. The lowest BCUT2D eigenvalue weighted by Crippen LogP contribution is -2.35. The first-order valence-corrected chi connectivity index (χ1v) is 10.9. The maximum Gasteiger partial charge on any atom is 0.275 e. The fraction of sp³-hybridized carbons (Fsp3) is 0.435. The maximum atomic E-state index is 14.7. The zero-order valence-corrected chi connectivity index (χ0v) is 18.5. The van der Waals surface area contributed by atoms with Gasteiger partial charge in [-0.3, -0.25) is 9.36 Å². The summed E-state index contributed by atoms with van der Waals surface area (Å²) in [6.45, 7) is 4.31. The van der Waals surface area contributed by atoms with Crippen molar-refractivity contribution in [3.05, 3.63) is 57.9 Å². The molecule has 176 valence electrons. The second-order valence-corrected chi connectivity index (χ2v) is 8.08. The molecule has 0 unspecified atom stereocenters. The van der Waals surface area contributed by atoms with Crippen LogP contribution >= 0.6 is 0 Å². The van der Waals surface area contributed by atoms with Crippen LogP contribution in [0.1, 0.15) is 43.4 Å². The predicted octanol–water partition coefficient (Wildman–Crippen LogP) is 4.20. The molecular formula is C23H26F3N5O2. The zero-order chi connectivity index (χ0) is 23.5. The van der Waals surface area contributed by atoms with E-state index in [1.54, 1.807) is 20.0 Å². The highest BCUT2D eigenvalue weighted by molar-refractivity contribution is 5.89. The van der Waals surface area contributed by atoms with Crippen LogP contribution in [-0.4, -0.2) is 40.8 Å². The van der Waals surface area contributed by atoms with Gasteiger partial charge in [0.2, 0.25) is 0 Å². The average molecular weight is 461 g/mol. The number of hydrogen-bond donors (Lipinski definition) is 1. The minimum absolute atomic E-state index is 0.105. The monoisotopic (exact) mass is 461 g/mol. The number of fused-ring (bicyclic) bond motifs is 1.